The molecule has 5 nitrogen and oxygen atoms in total. The van der Waals surface area contributed by atoms with Gasteiger partial charge in [-0.3, -0.25) is 4.79 Å². The second kappa shape index (κ2) is 7.90. The molecule has 1 aromatic heterocycles. The van der Waals surface area contributed by atoms with Crippen LogP contribution in [-0.2, 0) is 26.0 Å². The van der Waals surface area contributed by atoms with Gasteiger partial charge in [0.15, 0.2) is 0 Å². The molecule has 3 rings (SSSR count). The van der Waals surface area contributed by atoms with Crippen molar-refractivity contribution in [3.63, 3.8) is 0 Å². The van der Waals surface area contributed by atoms with Crippen molar-refractivity contribution in [1.82, 2.24) is 4.31 Å². The lowest BCUT2D eigenvalue weighted by atomic mass is 9.75. The molecule has 1 aliphatic rings. The second-order valence-electron chi connectivity index (χ2n) is 6.56. The molecule has 2 heterocycles. The van der Waals surface area contributed by atoms with Gasteiger partial charge in [-0.15, -0.1) is 0 Å². The average Bonchev–Trinajstić information content (AvgIpc) is 3.18. The number of thiophene rings is 1. The predicted molar refractivity (Wildman–Crippen MR) is 102 cm³/mol. The Bertz CT molecular complexity index is 834. The van der Waals surface area contributed by atoms with Crippen LogP contribution < -0.4 is 0 Å². The van der Waals surface area contributed by atoms with Gasteiger partial charge in [0, 0.05) is 18.5 Å². The second-order valence-corrected chi connectivity index (χ2v) is 9.28. The minimum absolute atomic E-state index is 0.152. The molecule has 0 amide bonds. The van der Waals surface area contributed by atoms with Crippen LogP contribution >= 0.6 is 11.3 Å². The highest BCUT2D eigenvalue weighted by atomic mass is 32.2. The van der Waals surface area contributed by atoms with Gasteiger partial charge in [-0.25, -0.2) is 8.42 Å². The van der Waals surface area contributed by atoms with E-state index in [9.17, 15) is 13.2 Å². The summed E-state index contributed by atoms with van der Waals surface area (Å²) in [5, 5.41) is 3.38. The first-order chi connectivity index (χ1) is 12.5. The van der Waals surface area contributed by atoms with Gasteiger partial charge in [0.2, 0.25) is 10.0 Å². The highest BCUT2D eigenvalue weighted by Gasteiger charge is 2.46. The molecule has 2 aromatic rings. The molecular weight excluding hydrogens is 370 g/mol. The smallest absolute Gasteiger partial charge is 0.313 e. The van der Waals surface area contributed by atoms with Crippen molar-refractivity contribution in [3.05, 3.63) is 52.7 Å². The number of hydrogen-bond donors (Lipinski definition) is 0. The van der Waals surface area contributed by atoms with E-state index in [0.717, 1.165) is 5.56 Å². The summed E-state index contributed by atoms with van der Waals surface area (Å²) in [4.78, 5) is 13.1. The van der Waals surface area contributed by atoms with E-state index in [1.165, 1.54) is 15.6 Å². The van der Waals surface area contributed by atoms with Crippen LogP contribution in [-0.4, -0.2) is 38.4 Å². The number of carbonyl (C=O) groups is 1. The van der Waals surface area contributed by atoms with Crippen LogP contribution in [0.4, 0.5) is 0 Å². The summed E-state index contributed by atoms with van der Waals surface area (Å²) in [6.07, 6.45) is 1.73. The highest BCUT2D eigenvalue weighted by molar-refractivity contribution is 7.89. The van der Waals surface area contributed by atoms with Crippen molar-refractivity contribution in [2.75, 3.05) is 19.7 Å². The molecule has 1 aromatic carbocycles. The summed E-state index contributed by atoms with van der Waals surface area (Å²) in [6.45, 7) is 2.64. The number of nitrogens with zero attached hydrogens (tertiary/aromatic N) is 1. The molecule has 1 atom stereocenters. The lowest BCUT2D eigenvalue weighted by Crippen LogP contribution is -2.51. The van der Waals surface area contributed by atoms with E-state index < -0.39 is 15.4 Å². The number of rotatable bonds is 6. The third kappa shape index (κ3) is 3.84. The Labute approximate surface area is 158 Å². The number of piperidine rings is 1. The molecule has 1 unspecified atom stereocenters. The molecule has 0 saturated carbocycles. The van der Waals surface area contributed by atoms with Gasteiger partial charge < -0.3 is 4.74 Å². The van der Waals surface area contributed by atoms with Crippen molar-refractivity contribution in [3.8, 4) is 0 Å². The topological polar surface area (TPSA) is 63.7 Å². The van der Waals surface area contributed by atoms with Gasteiger partial charge in [-0.05, 0) is 43.2 Å². The summed E-state index contributed by atoms with van der Waals surface area (Å²) >= 11 is 1.35. The minimum Gasteiger partial charge on any atom is -0.466 e. The van der Waals surface area contributed by atoms with E-state index in [-0.39, 0.29) is 19.1 Å². The Kier molecular flexibility index (Phi) is 5.79. The normalized spacial score (nSPS) is 21.4. The number of esters is 1. The number of carbonyl (C=O) groups excluding carboxylic acids is 1. The first-order valence-corrected chi connectivity index (χ1v) is 11.1. The third-order valence-electron chi connectivity index (χ3n) is 4.77. The van der Waals surface area contributed by atoms with Crippen LogP contribution in [0.5, 0.6) is 0 Å². The van der Waals surface area contributed by atoms with Crippen LogP contribution in [0.15, 0.2) is 52.1 Å². The SMILES string of the molecule is CCOC(=O)C1(Cc2ccccc2)CCCN(S(=O)(=O)c2ccsc2)C1. The summed E-state index contributed by atoms with van der Waals surface area (Å²) in [5.41, 5.74) is 0.161. The van der Waals surface area contributed by atoms with Crippen LogP contribution in [0.1, 0.15) is 25.3 Å². The molecule has 140 valence electrons. The lowest BCUT2D eigenvalue weighted by molar-refractivity contribution is -0.157. The molecular formula is C19H23NO4S2. The van der Waals surface area contributed by atoms with Gasteiger partial charge in [-0.1, -0.05) is 30.3 Å². The third-order valence-corrected chi connectivity index (χ3v) is 7.44. The fourth-order valence-corrected chi connectivity index (χ4v) is 6.08. The molecule has 1 fully saturated rings. The molecule has 1 aliphatic heterocycles. The summed E-state index contributed by atoms with van der Waals surface area (Å²) in [6, 6.07) is 11.3. The molecule has 26 heavy (non-hydrogen) atoms. The molecule has 0 aliphatic carbocycles. The molecule has 7 heteroatoms. The maximum Gasteiger partial charge on any atom is 0.313 e. The Balaban J connectivity index is 1.92. The standard InChI is InChI=1S/C19H23NO4S2/c1-2-24-18(21)19(13-16-7-4-3-5-8-16)10-6-11-20(15-19)26(22,23)17-9-12-25-14-17/h3-5,7-9,12,14H,2,6,10-11,13,15H2,1H3. The molecule has 0 spiro atoms. The van der Waals surface area contributed by atoms with Crippen LogP contribution in [0.25, 0.3) is 0 Å². The van der Waals surface area contributed by atoms with E-state index >= 15 is 0 Å². The van der Waals surface area contributed by atoms with Gasteiger partial charge in [-0.2, -0.15) is 15.6 Å². The number of hydrogen-bond acceptors (Lipinski definition) is 5. The largest absolute Gasteiger partial charge is 0.466 e. The van der Waals surface area contributed by atoms with Gasteiger partial charge in [0.1, 0.15) is 0 Å². The molecule has 0 bridgehead atoms. The van der Waals surface area contributed by atoms with E-state index in [0.29, 0.717) is 30.7 Å². The van der Waals surface area contributed by atoms with Crippen molar-refractivity contribution in [2.45, 2.75) is 31.1 Å². The maximum atomic E-state index is 12.9. The van der Waals surface area contributed by atoms with E-state index in [1.807, 2.05) is 30.3 Å². The fraction of sp³-hybridized carbons (Fsp3) is 0.421. The Morgan fingerprint density at radius 1 is 1.27 bits per heavy atom. The van der Waals surface area contributed by atoms with E-state index in [2.05, 4.69) is 0 Å². The van der Waals surface area contributed by atoms with E-state index in [4.69, 9.17) is 4.74 Å². The summed E-state index contributed by atoms with van der Waals surface area (Å²) < 4.78 is 32.7. The van der Waals surface area contributed by atoms with Crippen LogP contribution in [0.2, 0.25) is 0 Å². The van der Waals surface area contributed by atoms with Crippen molar-refractivity contribution >= 4 is 27.3 Å². The van der Waals surface area contributed by atoms with Gasteiger partial charge >= 0.3 is 5.97 Å². The number of ether oxygens (including phenoxy) is 1. The Morgan fingerprint density at radius 2 is 2.04 bits per heavy atom. The summed E-state index contributed by atoms with van der Waals surface area (Å²) in [5.74, 6) is -0.311. The lowest BCUT2D eigenvalue weighted by Gasteiger charge is -2.40. The number of benzene rings is 1. The van der Waals surface area contributed by atoms with Gasteiger partial charge in [0.25, 0.3) is 0 Å². The van der Waals surface area contributed by atoms with E-state index in [1.54, 1.807) is 23.8 Å². The van der Waals surface area contributed by atoms with Crippen LogP contribution in [0, 0.1) is 5.41 Å². The zero-order valence-corrected chi connectivity index (χ0v) is 16.4. The maximum absolute atomic E-state index is 12.9. The first-order valence-electron chi connectivity index (χ1n) is 8.71. The fourth-order valence-electron chi connectivity index (χ4n) is 3.50. The zero-order valence-electron chi connectivity index (χ0n) is 14.8. The van der Waals surface area contributed by atoms with Crippen LogP contribution in [0.3, 0.4) is 0 Å². The predicted octanol–water partition coefficient (Wildman–Crippen LogP) is 3.32. The highest BCUT2D eigenvalue weighted by Crippen LogP contribution is 2.37. The quantitative estimate of drug-likeness (QED) is 0.706. The molecule has 0 radical (unpaired) electrons. The Morgan fingerprint density at radius 3 is 2.69 bits per heavy atom. The monoisotopic (exact) mass is 393 g/mol. The molecule has 0 N–H and O–H groups in total. The summed E-state index contributed by atoms with van der Waals surface area (Å²) in [7, 11) is -3.59. The molecule has 1 saturated heterocycles. The Hall–Kier alpha value is -1.70. The zero-order chi connectivity index (χ0) is 18.6. The first kappa shape index (κ1) is 19.1. The number of sulfonamides is 1. The van der Waals surface area contributed by atoms with Crippen molar-refractivity contribution in [2.24, 2.45) is 5.41 Å². The average molecular weight is 394 g/mol. The van der Waals surface area contributed by atoms with Gasteiger partial charge in [0.05, 0.1) is 16.9 Å². The minimum atomic E-state index is -3.59. The van der Waals surface area contributed by atoms with Crippen molar-refractivity contribution < 1.29 is 17.9 Å². The van der Waals surface area contributed by atoms with Crippen molar-refractivity contribution in [1.29, 1.82) is 0 Å².